The van der Waals surface area contributed by atoms with Crippen LogP contribution in [0.3, 0.4) is 0 Å². The molecule has 5 heteroatoms. The van der Waals surface area contributed by atoms with Crippen LogP contribution in [-0.4, -0.2) is 31.1 Å². The molecule has 0 spiro atoms. The molecule has 106 valence electrons. The summed E-state index contributed by atoms with van der Waals surface area (Å²) in [5.41, 5.74) is 1.16. The lowest BCUT2D eigenvalue weighted by Crippen LogP contribution is -2.15. The third kappa shape index (κ3) is 5.51. The van der Waals surface area contributed by atoms with Gasteiger partial charge in [0.15, 0.2) is 18.1 Å². The molecule has 0 radical (unpaired) electrons. The molecule has 1 rings (SSSR count). The van der Waals surface area contributed by atoms with Crippen molar-refractivity contribution in [3.63, 3.8) is 0 Å². The highest BCUT2D eigenvalue weighted by atomic mass is 79.9. The Morgan fingerprint density at radius 3 is 2.58 bits per heavy atom. The molecule has 0 unspecified atom stereocenters. The Bertz CT molecular complexity index is 406. The van der Waals surface area contributed by atoms with Crippen LogP contribution >= 0.6 is 15.9 Å². The zero-order chi connectivity index (χ0) is 14.1. The topological polar surface area (TPSA) is 44.8 Å². The number of rotatable bonds is 8. The molecule has 0 aliphatic carbocycles. The maximum absolute atomic E-state index is 11.3. The Hall–Kier alpha value is -1.23. The van der Waals surface area contributed by atoms with E-state index in [9.17, 15) is 4.79 Å². The fraction of sp³-hybridized carbons (Fsp3) is 0.500. The monoisotopic (exact) mass is 330 g/mol. The number of hydrogen-bond donors (Lipinski definition) is 0. The summed E-state index contributed by atoms with van der Waals surface area (Å²) in [5.74, 6) is 0.841. The summed E-state index contributed by atoms with van der Waals surface area (Å²) < 4.78 is 15.8. The van der Waals surface area contributed by atoms with Gasteiger partial charge in [0.25, 0.3) is 0 Å². The van der Waals surface area contributed by atoms with E-state index in [-0.39, 0.29) is 12.6 Å². The maximum Gasteiger partial charge on any atom is 0.344 e. The van der Waals surface area contributed by atoms with Crippen molar-refractivity contribution in [3.05, 3.63) is 23.8 Å². The largest absolute Gasteiger partial charge is 0.490 e. The average Bonchev–Trinajstić information content (AvgIpc) is 2.39. The highest BCUT2D eigenvalue weighted by Crippen LogP contribution is 2.28. The van der Waals surface area contributed by atoms with Crippen LogP contribution in [0.15, 0.2) is 18.2 Å². The number of esters is 1. The molecule has 0 aliphatic heterocycles. The number of carbonyl (C=O) groups is 1. The molecule has 4 nitrogen and oxygen atoms in total. The van der Waals surface area contributed by atoms with Gasteiger partial charge in [-0.05, 0) is 38.0 Å². The molecular formula is C14H19BrO4. The molecule has 0 fully saturated rings. The average molecular weight is 331 g/mol. The number of halogens is 1. The summed E-state index contributed by atoms with van der Waals surface area (Å²) in [6.45, 7) is 4.47. The van der Waals surface area contributed by atoms with E-state index in [1.54, 1.807) is 6.92 Å². The van der Waals surface area contributed by atoms with E-state index < -0.39 is 0 Å². The molecule has 1 aromatic rings. The molecule has 19 heavy (non-hydrogen) atoms. The summed E-state index contributed by atoms with van der Waals surface area (Å²) in [4.78, 5) is 11.3. The second-order valence-electron chi connectivity index (χ2n) is 3.75. The molecule has 0 aliphatic rings. The Morgan fingerprint density at radius 2 is 1.95 bits per heavy atom. The minimum atomic E-state index is -0.380. The molecule has 0 amide bonds. The fourth-order valence-electron chi connectivity index (χ4n) is 1.54. The summed E-state index contributed by atoms with van der Waals surface area (Å²) in [6, 6.07) is 5.72. The molecule has 0 atom stereocenters. The Kier molecular flexibility index (Phi) is 7.33. The molecule has 1 aromatic carbocycles. The van der Waals surface area contributed by atoms with Gasteiger partial charge >= 0.3 is 5.97 Å². The van der Waals surface area contributed by atoms with Crippen molar-refractivity contribution in [1.82, 2.24) is 0 Å². The third-order valence-corrected chi connectivity index (χ3v) is 2.74. The molecule has 0 bridgehead atoms. The highest BCUT2D eigenvalue weighted by Gasteiger charge is 2.09. The predicted octanol–water partition coefficient (Wildman–Crippen LogP) is 2.96. The van der Waals surface area contributed by atoms with Crippen molar-refractivity contribution in [3.8, 4) is 11.5 Å². The van der Waals surface area contributed by atoms with Gasteiger partial charge in [-0.3, -0.25) is 0 Å². The van der Waals surface area contributed by atoms with E-state index in [1.807, 2.05) is 25.1 Å². The Morgan fingerprint density at radius 1 is 1.16 bits per heavy atom. The van der Waals surface area contributed by atoms with Crippen LogP contribution in [0.25, 0.3) is 0 Å². The zero-order valence-corrected chi connectivity index (χ0v) is 12.9. The third-order valence-electron chi connectivity index (χ3n) is 2.34. The number of carbonyl (C=O) groups excluding carboxylic acids is 1. The van der Waals surface area contributed by atoms with Crippen molar-refractivity contribution in [2.45, 2.75) is 20.3 Å². The first-order valence-corrected chi connectivity index (χ1v) is 7.43. The van der Waals surface area contributed by atoms with E-state index in [0.29, 0.717) is 24.7 Å². The van der Waals surface area contributed by atoms with E-state index in [1.165, 1.54) is 0 Å². The zero-order valence-electron chi connectivity index (χ0n) is 11.3. The molecule has 0 N–H and O–H groups in total. The van der Waals surface area contributed by atoms with Crippen molar-refractivity contribution in [2.75, 3.05) is 25.2 Å². The van der Waals surface area contributed by atoms with Crippen molar-refractivity contribution < 1.29 is 19.0 Å². The van der Waals surface area contributed by atoms with Gasteiger partial charge in [-0.25, -0.2) is 4.79 Å². The Labute approximate surface area is 122 Å². The molecule has 0 heterocycles. The number of ether oxygens (including phenoxy) is 3. The quantitative estimate of drug-likeness (QED) is 0.543. The van der Waals surface area contributed by atoms with Gasteiger partial charge in [0.05, 0.1) is 13.2 Å². The molecular weight excluding hydrogens is 312 g/mol. The lowest BCUT2D eigenvalue weighted by Gasteiger charge is -2.12. The van der Waals surface area contributed by atoms with Crippen molar-refractivity contribution in [2.24, 2.45) is 0 Å². The van der Waals surface area contributed by atoms with Crippen LogP contribution in [0.4, 0.5) is 0 Å². The first kappa shape index (κ1) is 15.8. The fourth-order valence-corrected chi connectivity index (χ4v) is 2.00. The van der Waals surface area contributed by atoms with Crippen LogP contribution in [0.2, 0.25) is 0 Å². The normalized spacial score (nSPS) is 10.1. The minimum absolute atomic E-state index is 0.105. The van der Waals surface area contributed by atoms with Gasteiger partial charge in [0.1, 0.15) is 0 Å². The summed E-state index contributed by atoms with van der Waals surface area (Å²) in [6.07, 6.45) is 0.915. The molecule has 0 saturated heterocycles. The van der Waals surface area contributed by atoms with Crippen LogP contribution in [0.5, 0.6) is 11.5 Å². The first-order chi connectivity index (χ1) is 9.21. The highest BCUT2D eigenvalue weighted by molar-refractivity contribution is 9.09. The van der Waals surface area contributed by atoms with Crippen molar-refractivity contribution >= 4 is 21.9 Å². The second kappa shape index (κ2) is 8.80. The lowest BCUT2D eigenvalue weighted by atomic mass is 10.1. The SMILES string of the molecule is CCOC(=O)COc1ccc(CCBr)cc1OCC. The number of hydrogen-bond acceptors (Lipinski definition) is 4. The smallest absolute Gasteiger partial charge is 0.344 e. The van der Waals surface area contributed by atoms with Gasteiger partial charge in [-0.2, -0.15) is 0 Å². The number of alkyl halides is 1. The minimum Gasteiger partial charge on any atom is -0.490 e. The number of aryl methyl sites for hydroxylation is 1. The van der Waals surface area contributed by atoms with Gasteiger partial charge < -0.3 is 14.2 Å². The molecule has 0 saturated carbocycles. The summed E-state index contributed by atoms with van der Waals surface area (Å²) in [7, 11) is 0. The summed E-state index contributed by atoms with van der Waals surface area (Å²) >= 11 is 3.40. The second-order valence-corrected chi connectivity index (χ2v) is 4.54. The van der Waals surface area contributed by atoms with Crippen molar-refractivity contribution in [1.29, 1.82) is 0 Å². The number of benzene rings is 1. The van der Waals surface area contributed by atoms with Gasteiger partial charge in [-0.1, -0.05) is 22.0 Å². The Balaban J connectivity index is 2.72. The van der Waals surface area contributed by atoms with Crippen LogP contribution in [0, 0.1) is 0 Å². The van der Waals surface area contributed by atoms with Gasteiger partial charge in [0.2, 0.25) is 0 Å². The summed E-state index contributed by atoms with van der Waals surface area (Å²) in [5, 5.41) is 0.890. The van der Waals surface area contributed by atoms with Crippen LogP contribution < -0.4 is 9.47 Å². The first-order valence-electron chi connectivity index (χ1n) is 6.31. The van der Waals surface area contributed by atoms with Crippen LogP contribution in [-0.2, 0) is 16.0 Å². The van der Waals surface area contributed by atoms with E-state index in [4.69, 9.17) is 14.2 Å². The molecule has 0 aromatic heterocycles. The standard InChI is InChI=1S/C14H19BrO4/c1-3-17-13-9-11(7-8-15)5-6-12(13)19-10-14(16)18-4-2/h5-6,9H,3-4,7-8,10H2,1-2H3. The predicted molar refractivity (Wildman–Crippen MR) is 77.2 cm³/mol. The van der Waals surface area contributed by atoms with Gasteiger partial charge in [-0.15, -0.1) is 0 Å². The van der Waals surface area contributed by atoms with E-state index in [0.717, 1.165) is 17.3 Å². The maximum atomic E-state index is 11.3. The van der Waals surface area contributed by atoms with Crippen LogP contribution in [0.1, 0.15) is 19.4 Å². The van der Waals surface area contributed by atoms with Gasteiger partial charge in [0, 0.05) is 5.33 Å². The van der Waals surface area contributed by atoms with E-state index in [2.05, 4.69) is 15.9 Å². The van der Waals surface area contributed by atoms with E-state index >= 15 is 0 Å². The lowest BCUT2D eigenvalue weighted by molar-refractivity contribution is -0.145.